The second-order valence-electron chi connectivity index (χ2n) is 12.0. The number of fused-ring (bicyclic) bond motifs is 6. The molecule has 0 aliphatic rings. The maximum atomic E-state index is 14.5. The van der Waals surface area contributed by atoms with E-state index in [1.165, 1.54) is 6.07 Å². The van der Waals surface area contributed by atoms with Crippen molar-refractivity contribution in [1.82, 2.24) is 9.13 Å². The third-order valence-electron chi connectivity index (χ3n) is 9.22. The van der Waals surface area contributed by atoms with Crippen LogP contribution in [0.3, 0.4) is 0 Å². The van der Waals surface area contributed by atoms with Crippen molar-refractivity contribution in [3.8, 4) is 34.6 Å². The Balaban J connectivity index is 1.53. The molecule has 0 fully saturated rings. The molecular formula is C42H18F3N7. The Morgan fingerprint density at radius 1 is 0.481 bits per heavy atom. The number of alkyl halides is 3. The van der Waals surface area contributed by atoms with Gasteiger partial charge in [-0.15, -0.1) is 0 Å². The lowest BCUT2D eigenvalue weighted by atomic mass is 9.97. The van der Waals surface area contributed by atoms with Crippen molar-refractivity contribution in [2.75, 3.05) is 0 Å². The van der Waals surface area contributed by atoms with Gasteiger partial charge in [0.1, 0.15) is 0 Å². The summed E-state index contributed by atoms with van der Waals surface area (Å²) in [6.07, 6.45) is -4.69. The predicted molar refractivity (Wildman–Crippen MR) is 194 cm³/mol. The van der Waals surface area contributed by atoms with Crippen LogP contribution in [0, 0.1) is 42.4 Å². The molecule has 7 nitrogen and oxygen atoms in total. The third-order valence-corrected chi connectivity index (χ3v) is 9.22. The predicted octanol–water partition coefficient (Wildman–Crippen LogP) is 12.0. The van der Waals surface area contributed by atoms with Gasteiger partial charge < -0.3 is 9.13 Å². The van der Waals surface area contributed by atoms with Crippen molar-refractivity contribution in [3.05, 3.63) is 160 Å². The van der Waals surface area contributed by atoms with Crippen LogP contribution in [0.2, 0.25) is 0 Å². The van der Waals surface area contributed by atoms with Gasteiger partial charge in [-0.05, 0) is 95.7 Å². The van der Waals surface area contributed by atoms with Gasteiger partial charge in [-0.2, -0.15) is 23.7 Å². The number of nitrogens with zero attached hydrogens (tertiary/aromatic N) is 7. The number of nitriles is 2. The molecule has 0 saturated carbocycles. The average molecular weight is 678 g/mol. The first-order valence-corrected chi connectivity index (χ1v) is 15.6. The van der Waals surface area contributed by atoms with E-state index < -0.39 is 11.7 Å². The number of hydrogen-bond acceptors (Lipinski definition) is 2. The van der Waals surface area contributed by atoms with Crippen molar-refractivity contribution in [3.63, 3.8) is 0 Å². The van der Waals surface area contributed by atoms with Crippen molar-refractivity contribution >= 4 is 60.7 Å². The van der Waals surface area contributed by atoms with E-state index in [2.05, 4.69) is 26.7 Å². The highest BCUT2D eigenvalue weighted by Gasteiger charge is 2.32. The smallest absolute Gasteiger partial charge is 0.310 e. The standard InChI is InChI=1S/C42H18F3N7/c1-48-27-8-14-39-34(19-27)31-16-24(22-46)4-11-36(31)51(39)38-13-6-26(42(43,44)45)18-33(38)30-10-7-29(50-3)21-41(30)52-37-12-5-25(23-47)17-32(37)35-20-28(49-2)9-15-40(35)52/h4-21H. The minimum Gasteiger partial charge on any atom is -0.310 e. The monoisotopic (exact) mass is 677 g/mol. The first-order chi connectivity index (χ1) is 25.2. The Labute approximate surface area is 293 Å². The fourth-order valence-corrected chi connectivity index (χ4v) is 6.95. The van der Waals surface area contributed by atoms with Crippen LogP contribution in [-0.4, -0.2) is 9.13 Å². The van der Waals surface area contributed by atoms with Crippen LogP contribution in [0.1, 0.15) is 16.7 Å². The molecular weight excluding hydrogens is 660 g/mol. The zero-order valence-electron chi connectivity index (χ0n) is 26.7. The van der Waals surface area contributed by atoms with Gasteiger partial charge in [0.15, 0.2) is 17.1 Å². The largest absolute Gasteiger partial charge is 0.416 e. The van der Waals surface area contributed by atoms with E-state index in [9.17, 15) is 23.7 Å². The quantitative estimate of drug-likeness (QED) is 0.175. The number of rotatable bonds is 3. The molecule has 242 valence electrons. The maximum Gasteiger partial charge on any atom is 0.416 e. The van der Waals surface area contributed by atoms with Crippen LogP contribution in [0.15, 0.2) is 109 Å². The Bertz CT molecular complexity index is 2930. The summed E-state index contributed by atoms with van der Waals surface area (Å²) in [6.45, 7) is 23.0. The number of benzene rings is 6. The normalized spacial score (nSPS) is 11.3. The molecule has 8 rings (SSSR count). The van der Waals surface area contributed by atoms with E-state index in [4.69, 9.17) is 19.7 Å². The number of aromatic nitrogens is 2. The maximum absolute atomic E-state index is 14.5. The molecule has 0 atom stereocenters. The molecule has 52 heavy (non-hydrogen) atoms. The molecule has 0 spiro atoms. The molecule has 2 aromatic heterocycles. The van der Waals surface area contributed by atoms with Crippen LogP contribution >= 0.6 is 0 Å². The molecule has 0 amide bonds. The molecule has 6 aromatic carbocycles. The molecule has 0 unspecified atom stereocenters. The lowest BCUT2D eigenvalue weighted by Gasteiger charge is -2.20. The first-order valence-electron chi connectivity index (χ1n) is 15.6. The molecule has 0 bridgehead atoms. The summed E-state index contributed by atoms with van der Waals surface area (Å²) in [4.78, 5) is 10.8. The van der Waals surface area contributed by atoms with Crippen LogP contribution in [0.5, 0.6) is 0 Å². The zero-order chi connectivity index (χ0) is 36.3. The Hall–Kier alpha value is -7.84. The fourth-order valence-electron chi connectivity index (χ4n) is 6.95. The second-order valence-corrected chi connectivity index (χ2v) is 12.0. The van der Waals surface area contributed by atoms with Crippen LogP contribution < -0.4 is 0 Å². The second kappa shape index (κ2) is 11.6. The summed E-state index contributed by atoms with van der Waals surface area (Å²) in [5, 5.41) is 22.0. The van der Waals surface area contributed by atoms with Crippen molar-refractivity contribution in [1.29, 1.82) is 10.5 Å². The number of halogens is 3. The van der Waals surface area contributed by atoms with Gasteiger partial charge in [-0.3, -0.25) is 0 Å². The average Bonchev–Trinajstić information content (AvgIpc) is 3.67. The van der Waals surface area contributed by atoms with E-state index in [-0.39, 0.29) is 11.3 Å². The van der Waals surface area contributed by atoms with E-state index in [1.807, 2.05) is 9.13 Å². The summed E-state index contributed by atoms with van der Waals surface area (Å²) in [5.41, 5.74) is 4.77. The van der Waals surface area contributed by atoms with E-state index >= 15 is 0 Å². The Kier molecular flexibility index (Phi) is 7.04. The van der Waals surface area contributed by atoms with Gasteiger partial charge in [0.2, 0.25) is 0 Å². The van der Waals surface area contributed by atoms with Gasteiger partial charge in [0, 0.05) is 27.6 Å². The SMILES string of the molecule is [C-]#[N+]c1ccc(-c2cc(C(F)(F)F)ccc2-n2c3ccc(C#N)cc3c3cc([N+]#[C-])ccc32)c(-n2c3ccc(C#N)cc3c3cc([N+]#[C-])ccc32)c1. The third kappa shape index (κ3) is 4.79. The highest BCUT2D eigenvalue weighted by atomic mass is 19.4. The molecule has 0 saturated heterocycles. The van der Waals surface area contributed by atoms with E-state index in [0.29, 0.717) is 83.1 Å². The van der Waals surface area contributed by atoms with Gasteiger partial charge >= 0.3 is 6.18 Å². The van der Waals surface area contributed by atoms with Gasteiger partial charge in [-0.1, -0.05) is 24.3 Å². The lowest BCUT2D eigenvalue weighted by Crippen LogP contribution is -2.08. The van der Waals surface area contributed by atoms with Crippen molar-refractivity contribution in [2.24, 2.45) is 0 Å². The van der Waals surface area contributed by atoms with Gasteiger partial charge in [0.05, 0.1) is 76.3 Å². The van der Waals surface area contributed by atoms with Crippen molar-refractivity contribution in [2.45, 2.75) is 6.18 Å². The highest BCUT2D eigenvalue weighted by molar-refractivity contribution is 6.13. The summed E-state index contributed by atoms with van der Waals surface area (Å²) in [6, 6.07) is 33.0. The Morgan fingerprint density at radius 3 is 1.40 bits per heavy atom. The van der Waals surface area contributed by atoms with Gasteiger partial charge in [-0.25, -0.2) is 14.5 Å². The molecule has 10 heteroatoms. The molecule has 0 radical (unpaired) electrons. The van der Waals surface area contributed by atoms with Gasteiger partial charge in [0.25, 0.3) is 0 Å². The van der Waals surface area contributed by atoms with E-state index in [0.717, 1.165) is 12.1 Å². The lowest BCUT2D eigenvalue weighted by molar-refractivity contribution is -0.137. The fraction of sp³-hybridized carbons (Fsp3) is 0.0238. The first kappa shape index (κ1) is 31.4. The molecule has 0 aliphatic carbocycles. The van der Waals surface area contributed by atoms with Crippen LogP contribution in [0.4, 0.5) is 30.2 Å². The highest BCUT2D eigenvalue weighted by Crippen LogP contribution is 2.45. The minimum atomic E-state index is -4.69. The van der Waals surface area contributed by atoms with Crippen molar-refractivity contribution < 1.29 is 13.2 Å². The summed E-state index contributed by atoms with van der Waals surface area (Å²) < 4.78 is 47.2. The zero-order valence-corrected chi connectivity index (χ0v) is 26.7. The van der Waals surface area contributed by atoms with Crippen LogP contribution in [0.25, 0.3) is 80.6 Å². The topological polar surface area (TPSA) is 70.5 Å². The molecule has 0 N–H and O–H groups in total. The molecule has 2 heterocycles. The molecule has 8 aromatic rings. The number of hydrogen-bond donors (Lipinski definition) is 0. The minimum absolute atomic E-state index is 0.209. The summed E-state index contributed by atoms with van der Waals surface area (Å²) in [5.74, 6) is 0. The Morgan fingerprint density at radius 2 is 0.923 bits per heavy atom. The molecule has 0 aliphatic heterocycles. The van der Waals surface area contributed by atoms with Crippen LogP contribution in [-0.2, 0) is 6.18 Å². The summed E-state index contributed by atoms with van der Waals surface area (Å²) in [7, 11) is 0. The van der Waals surface area contributed by atoms with E-state index in [1.54, 1.807) is 91.0 Å². The summed E-state index contributed by atoms with van der Waals surface area (Å²) >= 11 is 0.